The molecule has 1 fully saturated rings. The fourth-order valence-electron chi connectivity index (χ4n) is 4.50. The number of oxime groups is 1. The van der Waals surface area contributed by atoms with Gasteiger partial charge in [0, 0.05) is 37.9 Å². The van der Waals surface area contributed by atoms with Gasteiger partial charge in [0.15, 0.2) is 0 Å². The maximum absolute atomic E-state index is 12.9. The molecule has 1 N–H and O–H groups in total. The van der Waals surface area contributed by atoms with Crippen LogP contribution >= 0.6 is 0 Å². The summed E-state index contributed by atoms with van der Waals surface area (Å²) in [6.07, 6.45) is 2.30. The second-order valence-electron chi connectivity index (χ2n) is 10.3. The number of urea groups is 1. The van der Waals surface area contributed by atoms with Crippen LogP contribution in [-0.4, -0.2) is 42.4 Å². The van der Waals surface area contributed by atoms with Gasteiger partial charge < -0.3 is 19.8 Å². The number of rotatable bonds is 4. The number of benzene rings is 2. The number of methoxy groups -OCH3 is 1. The minimum Gasteiger partial charge on any atom is -0.497 e. The number of amides is 2. The van der Waals surface area contributed by atoms with Crippen LogP contribution in [0.25, 0.3) is 0 Å². The van der Waals surface area contributed by atoms with Gasteiger partial charge in [-0.2, -0.15) is 0 Å². The Morgan fingerprint density at radius 1 is 1.15 bits per heavy atom. The van der Waals surface area contributed by atoms with Crippen LogP contribution in [0.1, 0.15) is 69.7 Å². The van der Waals surface area contributed by atoms with E-state index in [2.05, 4.69) is 55.5 Å². The fourth-order valence-corrected chi connectivity index (χ4v) is 4.50. The zero-order chi connectivity index (χ0) is 23.6. The van der Waals surface area contributed by atoms with Gasteiger partial charge in [-0.3, -0.25) is 0 Å². The minimum atomic E-state index is -0.316. The van der Waals surface area contributed by atoms with E-state index < -0.39 is 0 Å². The standard InChI is InChI=1S/C27H35N3O3/c1-19(20-9-11-22(12-10-20)26(2,3)4)28-25(31)30-15-13-27(14-16-30)18-24(29-33-27)21-7-6-8-23(17-21)32-5/h6-12,17,19H,13-16,18H2,1-5H3,(H,28,31). The highest BCUT2D eigenvalue weighted by Crippen LogP contribution is 2.36. The lowest BCUT2D eigenvalue weighted by molar-refractivity contribution is -0.0551. The molecule has 2 amide bonds. The molecule has 2 aromatic carbocycles. The van der Waals surface area contributed by atoms with Gasteiger partial charge in [0.05, 0.1) is 18.9 Å². The van der Waals surface area contributed by atoms with E-state index in [9.17, 15) is 4.79 Å². The predicted molar refractivity (Wildman–Crippen MR) is 131 cm³/mol. The van der Waals surface area contributed by atoms with Gasteiger partial charge in [0.25, 0.3) is 0 Å². The molecule has 0 bridgehead atoms. The largest absolute Gasteiger partial charge is 0.497 e. The molecule has 4 rings (SSSR count). The van der Waals surface area contributed by atoms with E-state index >= 15 is 0 Å². The molecular formula is C27H35N3O3. The van der Waals surface area contributed by atoms with E-state index in [0.29, 0.717) is 13.1 Å². The quantitative estimate of drug-likeness (QED) is 0.678. The minimum absolute atomic E-state index is 0.0239. The van der Waals surface area contributed by atoms with Crippen molar-refractivity contribution in [3.05, 3.63) is 65.2 Å². The van der Waals surface area contributed by atoms with Crippen molar-refractivity contribution in [3.63, 3.8) is 0 Å². The Hall–Kier alpha value is -3.02. The average Bonchev–Trinajstić information content (AvgIpc) is 3.22. The third kappa shape index (κ3) is 5.15. The normalized spacial score (nSPS) is 18.5. The summed E-state index contributed by atoms with van der Waals surface area (Å²) in [4.78, 5) is 20.7. The fraction of sp³-hybridized carbons (Fsp3) is 0.481. The van der Waals surface area contributed by atoms with Crippen LogP contribution < -0.4 is 10.1 Å². The lowest BCUT2D eigenvalue weighted by atomic mass is 9.85. The second-order valence-corrected chi connectivity index (χ2v) is 10.3. The highest BCUT2D eigenvalue weighted by molar-refractivity contribution is 6.02. The van der Waals surface area contributed by atoms with Gasteiger partial charge in [0.2, 0.25) is 0 Å². The maximum Gasteiger partial charge on any atom is 0.317 e. The topological polar surface area (TPSA) is 63.2 Å². The lowest BCUT2D eigenvalue weighted by Gasteiger charge is -2.37. The van der Waals surface area contributed by atoms with E-state index in [1.165, 1.54) is 5.56 Å². The van der Waals surface area contributed by atoms with Crippen molar-refractivity contribution >= 4 is 11.7 Å². The number of nitrogens with one attached hydrogen (secondary N) is 1. The Bertz CT molecular complexity index is 1020. The molecule has 176 valence electrons. The number of likely N-dealkylation sites (tertiary alicyclic amines) is 1. The van der Waals surface area contributed by atoms with E-state index in [1.54, 1.807) is 7.11 Å². The number of hydrogen-bond acceptors (Lipinski definition) is 4. The van der Waals surface area contributed by atoms with Gasteiger partial charge in [-0.05, 0) is 35.6 Å². The Morgan fingerprint density at radius 3 is 2.48 bits per heavy atom. The summed E-state index contributed by atoms with van der Waals surface area (Å²) in [5, 5.41) is 7.54. The highest BCUT2D eigenvalue weighted by Gasteiger charge is 2.43. The third-order valence-electron chi connectivity index (χ3n) is 6.82. The molecular weight excluding hydrogens is 414 g/mol. The molecule has 2 aliphatic heterocycles. The second kappa shape index (κ2) is 9.08. The molecule has 6 nitrogen and oxygen atoms in total. The number of ether oxygens (including phenoxy) is 1. The molecule has 2 heterocycles. The average molecular weight is 450 g/mol. The summed E-state index contributed by atoms with van der Waals surface area (Å²) in [6.45, 7) is 9.95. The Morgan fingerprint density at radius 2 is 1.85 bits per heavy atom. The van der Waals surface area contributed by atoms with Crippen LogP contribution in [0, 0.1) is 0 Å². The van der Waals surface area contributed by atoms with Crippen LogP contribution in [0.5, 0.6) is 5.75 Å². The molecule has 0 aliphatic carbocycles. The van der Waals surface area contributed by atoms with Crippen molar-refractivity contribution in [3.8, 4) is 5.75 Å². The highest BCUT2D eigenvalue weighted by atomic mass is 16.7. The van der Waals surface area contributed by atoms with E-state index in [-0.39, 0.29) is 23.1 Å². The lowest BCUT2D eigenvalue weighted by Crippen LogP contribution is -2.50. The van der Waals surface area contributed by atoms with Crippen molar-refractivity contribution in [2.45, 2.75) is 64.0 Å². The summed E-state index contributed by atoms with van der Waals surface area (Å²) in [6, 6.07) is 16.4. The molecule has 1 spiro atoms. The first-order chi connectivity index (χ1) is 15.7. The summed E-state index contributed by atoms with van der Waals surface area (Å²) in [5.41, 5.74) is 4.17. The first-order valence-electron chi connectivity index (χ1n) is 11.7. The smallest absolute Gasteiger partial charge is 0.317 e. The van der Waals surface area contributed by atoms with Gasteiger partial charge in [-0.15, -0.1) is 0 Å². The predicted octanol–water partition coefficient (Wildman–Crippen LogP) is 5.42. The molecule has 1 saturated heterocycles. The van der Waals surface area contributed by atoms with Crippen molar-refractivity contribution in [2.24, 2.45) is 5.16 Å². The summed E-state index contributed by atoms with van der Waals surface area (Å²) in [7, 11) is 1.66. The van der Waals surface area contributed by atoms with Gasteiger partial charge >= 0.3 is 6.03 Å². The summed E-state index contributed by atoms with van der Waals surface area (Å²) < 4.78 is 5.33. The summed E-state index contributed by atoms with van der Waals surface area (Å²) >= 11 is 0. The molecule has 6 heteroatoms. The van der Waals surface area contributed by atoms with Crippen molar-refractivity contribution < 1.29 is 14.4 Å². The number of hydrogen-bond donors (Lipinski definition) is 1. The molecule has 1 unspecified atom stereocenters. The first kappa shape index (κ1) is 23.1. The number of carbonyl (C=O) groups excluding carboxylic acids is 1. The number of nitrogens with zero attached hydrogens (tertiary/aromatic N) is 2. The zero-order valence-corrected chi connectivity index (χ0v) is 20.4. The van der Waals surface area contributed by atoms with Gasteiger partial charge in [-0.25, -0.2) is 4.79 Å². The van der Waals surface area contributed by atoms with Crippen molar-refractivity contribution in [1.29, 1.82) is 0 Å². The van der Waals surface area contributed by atoms with Crippen LogP contribution in [0.2, 0.25) is 0 Å². The zero-order valence-electron chi connectivity index (χ0n) is 20.4. The molecule has 0 radical (unpaired) electrons. The summed E-state index contributed by atoms with van der Waals surface area (Å²) in [5.74, 6) is 0.810. The van der Waals surface area contributed by atoms with Crippen LogP contribution in [0.4, 0.5) is 4.79 Å². The number of piperidine rings is 1. The van der Waals surface area contributed by atoms with E-state index in [1.807, 2.05) is 36.1 Å². The Balaban J connectivity index is 1.30. The molecule has 1 atom stereocenters. The van der Waals surface area contributed by atoms with Crippen molar-refractivity contribution in [2.75, 3.05) is 20.2 Å². The molecule has 2 aliphatic rings. The Kier molecular flexibility index (Phi) is 6.37. The third-order valence-corrected chi connectivity index (χ3v) is 6.82. The van der Waals surface area contributed by atoms with E-state index in [0.717, 1.165) is 41.9 Å². The SMILES string of the molecule is COc1cccc(C2=NOC3(CCN(C(=O)NC(C)c4ccc(C(C)(C)C)cc4)CC3)C2)c1. The van der Waals surface area contributed by atoms with E-state index in [4.69, 9.17) is 9.57 Å². The number of carbonyl (C=O) groups is 1. The monoisotopic (exact) mass is 449 g/mol. The molecule has 33 heavy (non-hydrogen) atoms. The molecule has 0 saturated carbocycles. The van der Waals surface area contributed by atoms with Crippen LogP contribution in [0.3, 0.4) is 0 Å². The van der Waals surface area contributed by atoms with Crippen LogP contribution in [0.15, 0.2) is 53.7 Å². The molecule has 0 aromatic heterocycles. The van der Waals surface area contributed by atoms with Crippen LogP contribution in [-0.2, 0) is 10.3 Å². The van der Waals surface area contributed by atoms with Gasteiger partial charge in [-0.1, -0.05) is 62.3 Å². The molecule has 2 aromatic rings. The van der Waals surface area contributed by atoms with Gasteiger partial charge in [0.1, 0.15) is 11.4 Å². The Labute approximate surface area is 196 Å². The maximum atomic E-state index is 12.9. The van der Waals surface area contributed by atoms with Crippen molar-refractivity contribution in [1.82, 2.24) is 10.2 Å². The first-order valence-corrected chi connectivity index (χ1v) is 11.7.